The molecule has 0 aliphatic carbocycles. The van der Waals surface area contributed by atoms with Gasteiger partial charge in [0.15, 0.2) is 5.82 Å². The summed E-state index contributed by atoms with van der Waals surface area (Å²) in [6.07, 6.45) is 9.23. The molecule has 1 aliphatic rings. The van der Waals surface area contributed by atoms with Crippen molar-refractivity contribution in [1.82, 2.24) is 15.0 Å². The summed E-state index contributed by atoms with van der Waals surface area (Å²) in [6, 6.07) is 7.70. The number of nitrogens with two attached hydrogens (primary N) is 1. The molecule has 3 N–H and O–H groups in total. The topological polar surface area (TPSA) is 102 Å². The number of aliphatic imine (C=N–C) groups is 1. The van der Waals surface area contributed by atoms with Gasteiger partial charge in [-0.25, -0.2) is 15.0 Å². The molecule has 4 rings (SSSR count). The Morgan fingerprint density at radius 1 is 1.23 bits per heavy atom. The third-order valence-electron chi connectivity index (χ3n) is 5.11. The summed E-state index contributed by atoms with van der Waals surface area (Å²) < 4.78 is 5.57. The van der Waals surface area contributed by atoms with Crippen molar-refractivity contribution in [2.24, 2.45) is 10.7 Å². The third kappa shape index (κ3) is 3.89. The highest BCUT2D eigenvalue weighted by atomic mass is 16.5. The highest BCUT2D eigenvalue weighted by Crippen LogP contribution is 2.31. The number of aromatic nitrogens is 3. The first kappa shape index (κ1) is 19.6. The molecule has 0 unspecified atom stereocenters. The van der Waals surface area contributed by atoms with Gasteiger partial charge in [-0.05, 0) is 36.6 Å². The van der Waals surface area contributed by atoms with Gasteiger partial charge in [-0.15, -0.1) is 0 Å². The second kappa shape index (κ2) is 8.77. The summed E-state index contributed by atoms with van der Waals surface area (Å²) in [5, 5.41) is 4.24. The zero-order valence-electron chi connectivity index (χ0n) is 17.2. The van der Waals surface area contributed by atoms with E-state index in [1.807, 2.05) is 36.7 Å². The number of pyridine rings is 1. The highest BCUT2D eigenvalue weighted by Gasteiger charge is 2.18. The van der Waals surface area contributed by atoms with E-state index in [9.17, 15) is 0 Å². The third-order valence-corrected chi connectivity index (χ3v) is 5.11. The lowest BCUT2D eigenvalue weighted by molar-refractivity contribution is 0.416. The normalized spacial score (nSPS) is 14.6. The predicted molar refractivity (Wildman–Crippen MR) is 122 cm³/mol. The van der Waals surface area contributed by atoms with E-state index < -0.39 is 0 Å². The molecule has 8 nitrogen and oxygen atoms in total. The van der Waals surface area contributed by atoms with E-state index in [-0.39, 0.29) is 0 Å². The first-order valence-electron chi connectivity index (χ1n) is 9.89. The Labute approximate surface area is 175 Å². The Kier molecular flexibility index (Phi) is 5.74. The summed E-state index contributed by atoms with van der Waals surface area (Å²) in [5.74, 6) is 2.06. The lowest BCUT2D eigenvalue weighted by Gasteiger charge is -2.18. The smallest absolute Gasteiger partial charge is 0.227 e. The van der Waals surface area contributed by atoms with Crippen LogP contribution in [0.1, 0.15) is 18.4 Å². The van der Waals surface area contributed by atoms with Gasteiger partial charge in [0.05, 0.1) is 12.8 Å². The van der Waals surface area contributed by atoms with E-state index in [4.69, 9.17) is 15.5 Å². The van der Waals surface area contributed by atoms with Crippen LogP contribution in [0, 0.1) is 0 Å². The van der Waals surface area contributed by atoms with Gasteiger partial charge in [0.1, 0.15) is 11.3 Å². The van der Waals surface area contributed by atoms with E-state index in [0.29, 0.717) is 11.7 Å². The number of nitrogens with one attached hydrogen (secondary N) is 1. The van der Waals surface area contributed by atoms with Gasteiger partial charge in [0, 0.05) is 55.9 Å². The second-order valence-corrected chi connectivity index (χ2v) is 7.01. The monoisotopic (exact) mass is 403 g/mol. The maximum absolute atomic E-state index is 5.72. The van der Waals surface area contributed by atoms with Gasteiger partial charge >= 0.3 is 0 Å². The standard InChI is InChI=1S/C22H25N7O/c1-24-13-17(12-23)15-5-6-18(19(11-15)30-2)27-22-26-14-16-7-8-25-21(20(16)28-22)29-9-3-4-10-29/h5-8,11-14H,3-4,9-10,23H2,1-2H3,(H,26,27,28). The fourth-order valence-corrected chi connectivity index (χ4v) is 3.61. The fourth-order valence-electron chi connectivity index (χ4n) is 3.61. The molecular formula is C22H25N7O. The Morgan fingerprint density at radius 3 is 2.80 bits per heavy atom. The summed E-state index contributed by atoms with van der Waals surface area (Å²) in [5.41, 5.74) is 9.05. The van der Waals surface area contributed by atoms with Crippen LogP contribution in [0.25, 0.3) is 16.5 Å². The zero-order valence-corrected chi connectivity index (χ0v) is 17.2. The minimum Gasteiger partial charge on any atom is -0.495 e. The molecule has 30 heavy (non-hydrogen) atoms. The average Bonchev–Trinajstić information content (AvgIpc) is 3.32. The number of ether oxygens (including phenoxy) is 1. The number of rotatable bonds is 6. The Bertz CT molecular complexity index is 1100. The van der Waals surface area contributed by atoms with E-state index in [2.05, 4.69) is 25.2 Å². The van der Waals surface area contributed by atoms with E-state index in [0.717, 1.165) is 46.6 Å². The predicted octanol–water partition coefficient (Wildman–Crippen LogP) is 3.38. The maximum atomic E-state index is 5.72. The summed E-state index contributed by atoms with van der Waals surface area (Å²) in [4.78, 5) is 20.1. The number of benzene rings is 1. The van der Waals surface area contributed by atoms with Gasteiger partial charge in [0.2, 0.25) is 5.95 Å². The van der Waals surface area contributed by atoms with Crippen molar-refractivity contribution in [2.75, 3.05) is 37.5 Å². The van der Waals surface area contributed by atoms with Crippen LogP contribution in [0.2, 0.25) is 0 Å². The molecule has 0 radical (unpaired) electrons. The van der Waals surface area contributed by atoms with Crippen LogP contribution in [0.3, 0.4) is 0 Å². The van der Waals surface area contributed by atoms with Crippen molar-refractivity contribution in [2.45, 2.75) is 12.8 Å². The minimum atomic E-state index is 0.492. The Hall–Kier alpha value is -3.68. The lowest BCUT2D eigenvalue weighted by Crippen LogP contribution is -2.19. The lowest BCUT2D eigenvalue weighted by atomic mass is 10.1. The molecular weight excluding hydrogens is 378 g/mol. The summed E-state index contributed by atoms with van der Waals surface area (Å²) >= 11 is 0. The molecule has 3 heterocycles. The molecule has 0 saturated carbocycles. The van der Waals surface area contributed by atoms with Crippen molar-refractivity contribution < 1.29 is 4.74 Å². The Morgan fingerprint density at radius 2 is 2.07 bits per heavy atom. The van der Waals surface area contributed by atoms with Crippen molar-refractivity contribution in [3.05, 3.63) is 48.4 Å². The van der Waals surface area contributed by atoms with Crippen LogP contribution < -0.4 is 20.7 Å². The average molecular weight is 403 g/mol. The maximum Gasteiger partial charge on any atom is 0.227 e. The molecule has 0 spiro atoms. The molecule has 1 aromatic carbocycles. The number of fused-ring (bicyclic) bond motifs is 1. The summed E-state index contributed by atoms with van der Waals surface area (Å²) in [7, 11) is 3.33. The fraction of sp³-hybridized carbons (Fsp3) is 0.273. The molecule has 1 fully saturated rings. The van der Waals surface area contributed by atoms with Gasteiger partial charge in [-0.2, -0.15) is 0 Å². The highest BCUT2D eigenvalue weighted by molar-refractivity contribution is 6.09. The first-order chi connectivity index (χ1) is 14.7. The molecule has 1 aliphatic heterocycles. The van der Waals surface area contributed by atoms with Crippen molar-refractivity contribution in [3.63, 3.8) is 0 Å². The van der Waals surface area contributed by atoms with Crippen LogP contribution >= 0.6 is 0 Å². The molecule has 154 valence electrons. The number of nitrogens with zero attached hydrogens (tertiary/aromatic N) is 5. The van der Waals surface area contributed by atoms with Gasteiger partial charge in [0.25, 0.3) is 0 Å². The largest absolute Gasteiger partial charge is 0.495 e. The molecule has 8 heteroatoms. The molecule has 0 amide bonds. The molecule has 0 bridgehead atoms. The molecule has 2 aromatic heterocycles. The second-order valence-electron chi connectivity index (χ2n) is 7.01. The minimum absolute atomic E-state index is 0.492. The van der Waals surface area contributed by atoms with Crippen LogP contribution in [0.5, 0.6) is 5.75 Å². The van der Waals surface area contributed by atoms with Gasteiger partial charge < -0.3 is 20.7 Å². The van der Waals surface area contributed by atoms with Crippen LogP contribution in [0.15, 0.2) is 47.9 Å². The van der Waals surface area contributed by atoms with Crippen LogP contribution in [-0.4, -0.2) is 48.4 Å². The Balaban J connectivity index is 1.67. The quantitative estimate of drug-likeness (QED) is 0.608. The van der Waals surface area contributed by atoms with Gasteiger partial charge in [-0.3, -0.25) is 4.99 Å². The number of hydrogen-bond donors (Lipinski definition) is 2. The van der Waals surface area contributed by atoms with E-state index in [1.165, 1.54) is 19.0 Å². The number of methoxy groups -OCH3 is 1. The van der Waals surface area contributed by atoms with E-state index >= 15 is 0 Å². The summed E-state index contributed by atoms with van der Waals surface area (Å²) in [6.45, 7) is 2.01. The molecule has 0 atom stereocenters. The van der Waals surface area contributed by atoms with Crippen LogP contribution in [-0.2, 0) is 0 Å². The number of anilines is 3. The van der Waals surface area contributed by atoms with Crippen molar-refractivity contribution in [3.8, 4) is 5.75 Å². The molecule has 1 saturated heterocycles. The van der Waals surface area contributed by atoms with E-state index in [1.54, 1.807) is 20.4 Å². The van der Waals surface area contributed by atoms with Crippen LogP contribution in [0.4, 0.5) is 17.5 Å². The SMILES string of the molecule is CN=CC(=CN)c1ccc(Nc2ncc3ccnc(N4CCCC4)c3n2)c(OC)c1. The van der Waals surface area contributed by atoms with Gasteiger partial charge in [-0.1, -0.05) is 6.07 Å². The number of allylic oxidation sites excluding steroid dienone is 1. The number of hydrogen-bond acceptors (Lipinski definition) is 8. The zero-order chi connectivity index (χ0) is 20.9. The first-order valence-corrected chi connectivity index (χ1v) is 9.89. The molecule has 3 aromatic rings. The van der Waals surface area contributed by atoms with Crippen molar-refractivity contribution >= 4 is 40.1 Å². The van der Waals surface area contributed by atoms with Crippen molar-refractivity contribution in [1.29, 1.82) is 0 Å².